The third-order valence-electron chi connectivity index (χ3n) is 7.35. The van der Waals surface area contributed by atoms with E-state index >= 15 is 0 Å². The quantitative estimate of drug-likeness (QED) is 0.257. The van der Waals surface area contributed by atoms with Gasteiger partial charge in [0.05, 0.1) is 11.6 Å². The SMILES string of the molecule is [C-]#[N+]c1ccc(OC2C(C)(C)C(N3Cc4cc(C#CCCCOCC(=O)O)ccc4C3=O)C2(C)C)cc1Cl. The fourth-order valence-corrected chi connectivity index (χ4v) is 6.43. The molecule has 1 aliphatic carbocycles. The summed E-state index contributed by atoms with van der Waals surface area (Å²) >= 11 is 6.22. The Morgan fingerprint density at radius 2 is 1.95 bits per heavy atom. The standard InChI is InChI=1S/C30H31ClN2O5/c1-29(2)27(30(3,4)28(29)38-21-11-13-24(32-5)23(31)16-21)33-17-20-15-19(10-12-22(20)26(33)36)9-7-6-8-14-37-18-25(34)35/h10-13,15-16,27-28H,6,8,14,17-18H2,1-4H3,(H,34,35). The molecule has 2 aromatic rings. The first-order valence-electron chi connectivity index (χ1n) is 12.5. The third-order valence-corrected chi connectivity index (χ3v) is 7.65. The predicted octanol–water partition coefficient (Wildman–Crippen LogP) is 5.96. The maximum absolute atomic E-state index is 13.5. The van der Waals surface area contributed by atoms with E-state index in [0.717, 1.165) is 11.1 Å². The highest BCUT2D eigenvalue weighted by atomic mass is 35.5. The molecule has 0 saturated heterocycles. The summed E-state index contributed by atoms with van der Waals surface area (Å²) in [6.45, 7) is 16.2. The Bertz CT molecular complexity index is 1350. The van der Waals surface area contributed by atoms with Gasteiger partial charge in [-0.15, -0.1) is 0 Å². The Morgan fingerprint density at radius 1 is 1.21 bits per heavy atom. The lowest BCUT2D eigenvalue weighted by atomic mass is 9.49. The highest BCUT2D eigenvalue weighted by Crippen LogP contribution is 2.59. The molecule has 0 aromatic heterocycles. The summed E-state index contributed by atoms with van der Waals surface area (Å²) in [7, 11) is 0. The normalized spacial score (nSPS) is 20.5. The van der Waals surface area contributed by atoms with Gasteiger partial charge in [-0.3, -0.25) is 4.79 Å². The zero-order valence-corrected chi connectivity index (χ0v) is 22.8. The van der Waals surface area contributed by atoms with Gasteiger partial charge >= 0.3 is 5.97 Å². The highest BCUT2D eigenvalue weighted by molar-refractivity contribution is 6.33. The average Bonchev–Trinajstić information content (AvgIpc) is 3.15. The second-order valence-electron chi connectivity index (χ2n) is 10.9. The summed E-state index contributed by atoms with van der Waals surface area (Å²) in [5.41, 5.74) is 2.25. The summed E-state index contributed by atoms with van der Waals surface area (Å²) in [5, 5.41) is 8.95. The van der Waals surface area contributed by atoms with Crippen LogP contribution in [-0.4, -0.2) is 47.2 Å². The Kier molecular flexibility index (Phi) is 7.74. The Hall–Kier alpha value is -3.52. The number of hydrogen-bond acceptors (Lipinski definition) is 4. The van der Waals surface area contributed by atoms with E-state index in [1.54, 1.807) is 18.2 Å². The minimum absolute atomic E-state index is 0.0177. The molecule has 8 heteroatoms. The van der Waals surface area contributed by atoms with Gasteiger partial charge in [0.15, 0.2) is 0 Å². The third kappa shape index (κ3) is 5.23. The van der Waals surface area contributed by atoms with Crippen molar-refractivity contribution in [1.82, 2.24) is 4.90 Å². The average molecular weight is 535 g/mol. The van der Waals surface area contributed by atoms with Crippen molar-refractivity contribution in [3.05, 3.63) is 69.5 Å². The number of unbranched alkanes of at least 4 members (excludes halogenated alkanes) is 1. The number of hydrogen-bond donors (Lipinski definition) is 1. The van der Waals surface area contributed by atoms with Crippen LogP contribution >= 0.6 is 11.6 Å². The molecule has 0 spiro atoms. The molecule has 0 radical (unpaired) electrons. The number of nitrogens with zero attached hydrogens (tertiary/aromatic N) is 2. The Labute approximate surface area is 228 Å². The zero-order chi connectivity index (χ0) is 27.7. The van der Waals surface area contributed by atoms with Crippen molar-refractivity contribution in [2.45, 2.75) is 59.2 Å². The van der Waals surface area contributed by atoms with Crippen LogP contribution in [0.15, 0.2) is 36.4 Å². The molecule has 7 nitrogen and oxygen atoms in total. The lowest BCUT2D eigenvalue weighted by Crippen LogP contribution is -2.74. The lowest BCUT2D eigenvalue weighted by Gasteiger charge is -2.65. The van der Waals surface area contributed by atoms with E-state index in [9.17, 15) is 9.59 Å². The number of amides is 1. The van der Waals surface area contributed by atoms with Gasteiger partial charge in [0, 0.05) is 47.6 Å². The zero-order valence-electron chi connectivity index (χ0n) is 22.0. The van der Waals surface area contributed by atoms with Crippen molar-refractivity contribution < 1.29 is 24.2 Å². The van der Waals surface area contributed by atoms with Crippen LogP contribution < -0.4 is 4.74 Å². The van der Waals surface area contributed by atoms with E-state index < -0.39 is 5.97 Å². The molecule has 1 N–H and O–H groups in total. The molecular formula is C30H31ClN2O5. The van der Waals surface area contributed by atoms with E-state index in [-0.39, 0.29) is 35.5 Å². The second kappa shape index (κ2) is 10.7. The van der Waals surface area contributed by atoms with E-state index in [1.165, 1.54) is 0 Å². The Balaban J connectivity index is 1.43. The number of aliphatic carboxylic acids is 1. The molecule has 0 bridgehead atoms. The van der Waals surface area contributed by atoms with Crippen molar-refractivity contribution in [3.8, 4) is 17.6 Å². The second-order valence-corrected chi connectivity index (χ2v) is 11.3. The van der Waals surface area contributed by atoms with Crippen LogP contribution in [0, 0.1) is 29.2 Å². The van der Waals surface area contributed by atoms with Crippen LogP contribution in [-0.2, 0) is 16.1 Å². The largest absolute Gasteiger partial charge is 0.489 e. The van der Waals surface area contributed by atoms with Gasteiger partial charge in [0.2, 0.25) is 5.69 Å². The van der Waals surface area contributed by atoms with Gasteiger partial charge in [-0.05, 0) is 42.3 Å². The van der Waals surface area contributed by atoms with Gasteiger partial charge in [0.1, 0.15) is 18.5 Å². The van der Waals surface area contributed by atoms with Crippen LogP contribution in [0.3, 0.4) is 0 Å². The molecular weight excluding hydrogens is 504 g/mol. The topological polar surface area (TPSA) is 80.4 Å². The number of ether oxygens (including phenoxy) is 2. The van der Waals surface area contributed by atoms with Gasteiger partial charge in [-0.2, -0.15) is 0 Å². The fraction of sp³-hybridized carbons (Fsp3) is 0.433. The van der Waals surface area contributed by atoms with E-state index in [0.29, 0.717) is 48.0 Å². The molecule has 2 aliphatic rings. The highest BCUT2D eigenvalue weighted by Gasteiger charge is 2.66. The molecule has 0 unspecified atom stereocenters. The summed E-state index contributed by atoms with van der Waals surface area (Å²) in [5.74, 6) is 5.88. The van der Waals surface area contributed by atoms with E-state index in [2.05, 4.69) is 44.4 Å². The van der Waals surface area contributed by atoms with Crippen LogP contribution in [0.1, 0.15) is 62.0 Å². The van der Waals surface area contributed by atoms with Crippen LogP contribution in [0.25, 0.3) is 4.85 Å². The van der Waals surface area contributed by atoms with Gasteiger partial charge in [-0.1, -0.05) is 57.2 Å². The van der Waals surface area contributed by atoms with Crippen molar-refractivity contribution in [2.24, 2.45) is 10.8 Å². The minimum atomic E-state index is -0.980. The molecule has 1 amide bonds. The molecule has 2 aromatic carbocycles. The van der Waals surface area contributed by atoms with Crippen molar-refractivity contribution in [3.63, 3.8) is 0 Å². The number of carboxylic acid groups (broad SMARTS) is 1. The number of rotatable bonds is 8. The molecule has 1 fully saturated rings. The lowest BCUT2D eigenvalue weighted by molar-refractivity contribution is -0.199. The number of fused-ring (bicyclic) bond motifs is 1. The number of benzene rings is 2. The van der Waals surface area contributed by atoms with Crippen molar-refractivity contribution >= 4 is 29.2 Å². The molecule has 1 heterocycles. The number of carbonyl (C=O) groups is 2. The summed E-state index contributed by atoms with van der Waals surface area (Å²) in [6, 6.07) is 10.8. The molecule has 1 aliphatic heterocycles. The monoisotopic (exact) mass is 534 g/mol. The molecule has 1 saturated carbocycles. The Morgan fingerprint density at radius 3 is 2.61 bits per heavy atom. The van der Waals surface area contributed by atoms with Crippen molar-refractivity contribution in [2.75, 3.05) is 13.2 Å². The molecule has 0 atom stereocenters. The summed E-state index contributed by atoms with van der Waals surface area (Å²) in [6.07, 6.45) is 1.09. The van der Waals surface area contributed by atoms with Crippen LogP contribution in [0.5, 0.6) is 5.75 Å². The number of carboxylic acids is 1. The number of halogens is 1. The molecule has 4 rings (SSSR count). The maximum Gasteiger partial charge on any atom is 0.329 e. The number of carbonyl (C=O) groups excluding carboxylic acids is 1. The first-order chi connectivity index (χ1) is 18.0. The first kappa shape index (κ1) is 27.5. The predicted molar refractivity (Wildman–Crippen MR) is 144 cm³/mol. The fourth-order valence-electron chi connectivity index (χ4n) is 6.22. The van der Waals surface area contributed by atoms with Gasteiger partial charge < -0.3 is 19.5 Å². The first-order valence-corrected chi connectivity index (χ1v) is 12.9. The maximum atomic E-state index is 13.5. The van der Waals surface area contributed by atoms with E-state index in [1.807, 2.05) is 23.1 Å². The molecule has 198 valence electrons. The van der Waals surface area contributed by atoms with E-state index in [4.69, 9.17) is 32.8 Å². The van der Waals surface area contributed by atoms with Crippen LogP contribution in [0.4, 0.5) is 5.69 Å². The summed E-state index contributed by atoms with van der Waals surface area (Å²) < 4.78 is 11.4. The van der Waals surface area contributed by atoms with Crippen LogP contribution in [0.2, 0.25) is 5.02 Å². The molecule has 38 heavy (non-hydrogen) atoms. The minimum Gasteiger partial charge on any atom is -0.489 e. The smallest absolute Gasteiger partial charge is 0.329 e. The van der Waals surface area contributed by atoms with Gasteiger partial charge in [-0.25, -0.2) is 9.64 Å². The summed E-state index contributed by atoms with van der Waals surface area (Å²) in [4.78, 5) is 29.3. The van der Waals surface area contributed by atoms with Gasteiger partial charge in [0.25, 0.3) is 5.91 Å². The van der Waals surface area contributed by atoms with Crippen molar-refractivity contribution in [1.29, 1.82) is 0 Å².